The van der Waals surface area contributed by atoms with E-state index in [4.69, 9.17) is 0 Å². The van der Waals surface area contributed by atoms with E-state index in [9.17, 15) is 0 Å². The minimum absolute atomic E-state index is 0. The Morgan fingerprint density at radius 3 is 1.71 bits per heavy atom. The molecule has 0 amide bonds. The molecular formula is C12H22ClMgNSi2. The molecule has 0 spiro atoms. The van der Waals surface area contributed by atoms with Crippen molar-refractivity contribution in [1.82, 2.24) is 0 Å². The van der Waals surface area contributed by atoms with Crippen LogP contribution in [0.5, 0.6) is 0 Å². The molecule has 0 bridgehead atoms. The van der Waals surface area contributed by atoms with Crippen molar-refractivity contribution in [3.8, 4) is 0 Å². The van der Waals surface area contributed by atoms with Crippen LogP contribution in [0, 0.1) is 6.07 Å². The zero-order chi connectivity index (χ0) is 11.7. The van der Waals surface area contributed by atoms with E-state index in [2.05, 4.69) is 61.7 Å². The summed E-state index contributed by atoms with van der Waals surface area (Å²) >= 11 is 0. The van der Waals surface area contributed by atoms with E-state index in [1.807, 2.05) is 12.1 Å². The number of anilines is 1. The second kappa shape index (κ2) is 7.19. The molecule has 0 N–H and O–H groups in total. The van der Waals surface area contributed by atoms with Crippen molar-refractivity contribution in [3.63, 3.8) is 0 Å². The van der Waals surface area contributed by atoms with Gasteiger partial charge in [0.1, 0.15) is 16.5 Å². The SMILES string of the molecule is C[Si](C)(C)N(c1[c-]cccc1)[Si](C)(C)C.[Cl-].[Mg+2]. The van der Waals surface area contributed by atoms with Gasteiger partial charge in [0.25, 0.3) is 0 Å². The van der Waals surface area contributed by atoms with Gasteiger partial charge in [-0.3, -0.25) is 0 Å². The standard InChI is InChI=1S/C12H22NSi2.ClH.Mg/c1-14(2,3)13(15(4,5)6)12-10-8-7-9-11-12;;/h7-10H,1-6H3;1H;/q-1;;+2/p-1. The molecule has 0 heterocycles. The maximum absolute atomic E-state index is 3.38. The van der Waals surface area contributed by atoms with E-state index in [0.29, 0.717) is 0 Å². The van der Waals surface area contributed by atoms with E-state index in [1.54, 1.807) is 0 Å². The molecule has 17 heavy (non-hydrogen) atoms. The van der Waals surface area contributed by atoms with Gasteiger partial charge in [-0.2, -0.15) is 24.3 Å². The summed E-state index contributed by atoms with van der Waals surface area (Å²) in [7, 11) is -2.60. The van der Waals surface area contributed by atoms with E-state index in [0.717, 1.165) is 0 Å². The minimum atomic E-state index is -1.30. The molecule has 0 aliphatic heterocycles. The molecule has 92 valence electrons. The first kappa shape index (κ1) is 19.8. The van der Waals surface area contributed by atoms with Gasteiger partial charge in [0.15, 0.2) is 0 Å². The fourth-order valence-electron chi connectivity index (χ4n) is 2.25. The monoisotopic (exact) mass is 295 g/mol. The summed E-state index contributed by atoms with van der Waals surface area (Å²) in [5.41, 5.74) is 1.29. The second-order valence-electron chi connectivity index (χ2n) is 5.92. The van der Waals surface area contributed by atoms with E-state index in [1.165, 1.54) is 5.69 Å². The minimum Gasteiger partial charge on any atom is -1.00 e. The number of rotatable bonds is 3. The smallest absolute Gasteiger partial charge is 1.00 e. The van der Waals surface area contributed by atoms with Gasteiger partial charge in [-0.05, 0) is 0 Å². The third kappa shape index (κ3) is 5.79. The van der Waals surface area contributed by atoms with Crippen molar-refractivity contribution in [2.45, 2.75) is 39.3 Å². The third-order valence-electron chi connectivity index (χ3n) is 2.28. The van der Waals surface area contributed by atoms with Crippen LogP contribution in [-0.4, -0.2) is 39.5 Å². The quantitative estimate of drug-likeness (QED) is 0.583. The molecule has 0 aliphatic rings. The first-order chi connectivity index (χ1) is 6.73. The average Bonchev–Trinajstić information content (AvgIpc) is 2.00. The zero-order valence-corrected chi connectivity index (χ0v) is 16.0. The summed E-state index contributed by atoms with van der Waals surface area (Å²) in [6, 6.07) is 11.7. The van der Waals surface area contributed by atoms with Gasteiger partial charge in [0.2, 0.25) is 0 Å². The summed E-state index contributed by atoms with van der Waals surface area (Å²) < 4.78 is 2.68. The molecule has 0 aromatic heterocycles. The summed E-state index contributed by atoms with van der Waals surface area (Å²) in [6.07, 6.45) is 0. The van der Waals surface area contributed by atoms with Gasteiger partial charge in [0.05, 0.1) is 0 Å². The number of hydrogen-bond acceptors (Lipinski definition) is 1. The van der Waals surface area contributed by atoms with Crippen molar-refractivity contribution < 1.29 is 12.4 Å². The molecule has 0 saturated carbocycles. The zero-order valence-electron chi connectivity index (χ0n) is 11.8. The predicted molar refractivity (Wildman–Crippen MR) is 80.2 cm³/mol. The number of para-hydroxylation sites is 1. The van der Waals surface area contributed by atoms with Gasteiger partial charge < -0.3 is 16.6 Å². The normalized spacial score (nSPS) is 11.2. The van der Waals surface area contributed by atoms with Gasteiger partial charge in [-0.25, -0.2) is 0 Å². The van der Waals surface area contributed by atoms with Gasteiger partial charge >= 0.3 is 23.1 Å². The van der Waals surface area contributed by atoms with Crippen molar-refractivity contribution in [3.05, 3.63) is 30.3 Å². The Kier molecular flexibility index (Phi) is 8.39. The molecule has 5 heteroatoms. The Morgan fingerprint density at radius 2 is 1.41 bits per heavy atom. The molecular weight excluding hydrogens is 274 g/mol. The summed E-state index contributed by atoms with van der Waals surface area (Å²) in [6.45, 7) is 14.5. The maximum atomic E-state index is 3.38. The van der Waals surface area contributed by atoms with Crippen LogP contribution in [0.4, 0.5) is 5.69 Å². The van der Waals surface area contributed by atoms with E-state index < -0.39 is 16.5 Å². The molecule has 0 unspecified atom stereocenters. The van der Waals surface area contributed by atoms with Crippen LogP contribution in [0.1, 0.15) is 0 Å². The number of nitrogens with zero attached hydrogens (tertiary/aromatic N) is 1. The Bertz CT molecular complexity index is 306. The van der Waals surface area contributed by atoms with Crippen LogP contribution in [0.25, 0.3) is 0 Å². The molecule has 1 nitrogen and oxygen atoms in total. The van der Waals surface area contributed by atoms with Gasteiger partial charge in [0, 0.05) is 0 Å². The van der Waals surface area contributed by atoms with Gasteiger partial charge in [-0.15, -0.1) is 6.07 Å². The molecule has 1 aromatic carbocycles. The average molecular weight is 296 g/mol. The van der Waals surface area contributed by atoms with Gasteiger partial charge in [-0.1, -0.05) is 45.0 Å². The van der Waals surface area contributed by atoms with E-state index in [-0.39, 0.29) is 35.5 Å². The molecule has 0 atom stereocenters. The van der Waals surface area contributed by atoms with Crippen LogP contribution in [0.2, 0.25) is 39.3 Å². The van der Waals surface area contributed by atoms with Crippen molar-refractivity contribution in [2.75, 3.05) is 4.23 Å². The number of benzene rings is 1. The number of halogens is 1. The fourth-order valence-corrected chi connectivity index (χ4v) is 12.0. The summed E-state index contributed by atoms with van der Waals surface area (Å²) in [5, 5.41) is 0. The Labute approximate surface area is 131 Å². The first-order valence-electron chi connectivity index (χ1n) is 5.50. The van der Waals surface area contributed by atoms with Crippen LogP contribution in [0.3, 0.4) is 0 Å². The second-order valence-corrected chi connectivity index (χ2v) is 15.9. The third-order valence-corrected chi connectivity index (χ3v) is 9.47. The predicted octanol–water partition coefficient (Wildman–Crippen LogP) is 0.586. The van der Waals surface area contributed by atoms with Crippen molar-refractivity contribution >= 4 is 45.2 Å². The molecule has 0 saturated heterocycles. The number of hydrogen-bond donors (Lipinski definition) is 0. The molecule has 1 rings (SSSR count). The van der Waals surface area contributed by atoms with Crippen LogP contribution >= 0.6 is 0 Å². The Hall–Kier alpha value is 0.510. The molecule has 0 fully saturated rings. The first-order valence-corrected chi connectivity index (χ1v) is 12.4. The largest absolute Gasteiger partial charge is 2.00 e. The summed E-state index contributed by atoms with van der Waals surface area (Å²) in [4.78, 5) is 0. The Balaban J connectivity index is 0. The molecule has 1 aromatic rings. The molecule has 0 radical (unpaired) electrons. The van der Waals surface area contributed by atoms with Crippen LogP contribution in [-0.2, 0) is 0 Å². The van der Waals surface area contributed by atoms with Crippen molar-refractivity contribution in [1.29, 1.82) is 0 Å². The topological polar surface area (TPSA) is 3.24 Å². The molecule has 0 aliphatic carbocycles. The maximum Gasteiger partial charge on any atom is 2.00 e. The summed E-state index contributed by atoms with van der Waals surface area (Å²) in [5.74, 6) is 0. The van der Waals surface area contributed by atoms with Crippen LogP contribution in [0.15, 0.2) is 24.3 Å². The Morgan fingerprint density at radius 1 is 0.941 bits per heavy atom. The van der Waals surface area contributed by atoms with Crippen molar-refractivity contribution in [2.24, 2.45) is 0 Å². The van der Waals surface area contributed by atoms with E-state index >= 15 is 0 Å². The van der Waals surface area contributed by atoms with Crippen LogP contribution < -0.4 is 16.6 Å². The fraction of sp³-hybridized carbons (Fsp3) is 0.500.